The summed E-state index contributed by atoms with van der Waals surface area (Å²) < 4.78 is 12.9. The fourth-order valence-corrected chi connectivity index (χ4v) is 1.58. The summed E-state index contributed by atoms with van der Waals surface area (Å²) in [4.78, 5) is 11.7. The summed E-state index contributed by atoms with van der Waals surface area (Å²) >= 11 is 0. The minimum absolute atomic E-state index is 0.00455. The SMILES string of the molecule is CCC(C)(CCO)NC(=O)Nc1cccc(F)c1. The van der Waals surface area contributed by atoms with Crippen LogP contribution in [0.2, 0.25) is 0 Å². The highest BCUT2D eigenvalue weighted by molar-refractivity contribution is 5.89. The van der Waals surface area contributed by atoms with Crippen molar-refractivity contribution in [1.29, 1.82) is 0 Å². The zero-order chi connectivity index (χ0) is 13.6. The molecule has 0 bridgehead atoms. The Morgan fingerprint density at radius 1 is 1.50 bits per heavy atom. The van der Waals surface area contributed by atoms with Gasteiger partial charge in [-0.1, -0.05) is 13.0 Å². The second-order valence-corrected chi connectivity index (χ2v) is 4.48. The molecule has 3 N–H and O–H groups in total. The van der Waals surface area contributed by atoms with Crippen LogP contribution in [0.5, 0.6) is 0 Å². The van der Waals surface area contributed by atoms with Gasteiger partial charge in [-0.25, -0.2) is 9.18 Å². The summed E-state index contributed by atoms with van der Waals surface area (Å²) in [6, 6.07) is 5.29. The van der Waals surface area contributed by atoms with Crippen LogP contribution in [0.4, 0.5) is 14.9 Å². The van der Waals surface area contributed by atoms with E-state index in [-0.39, 0.29) is 6.61 Å². The fraction of sp³-hybridized carbons (Fsp3) is 0.462. The first-order chi connectivity index (χ1) is 8.49. The zero-order valence-corrected chi connectivity index (χ0v) is 10.7. The molecular formula is C13H19FN2O2. The number of hydrogen-bond acceptors (Lipinski definition) is 2. The van der Waals surface area contributed by atoms with Crippen LogP contribution in [0.15, 0.2) is 24.3 Å². The van der Waals surface area contributed by atoms with Gasteiger partial charge in [-0.15, -0.1) is 0 Å². The summed E-state index contributed by atoms with van der Waals surface area (Å²) in [5.74, 6) is -0.401. The van der Waals surface area contributed by atoms with E-state index in [9.17, 15) is 9.18 Å². The largest absolute Gasteiger partial charge is 0.396 e. The van der Waals surface area contributed by atoms with Gasteiger partial charge in [-0.05, 0) is 38.0 Å². The number of rotatable bonds is 5. The number of hydrogen-bond donors (Lipinski definition) is 3. The molecule has 0 aliphatic rings. The highest BCUT2D eigenvalue weighted by atomic mass is 19.1. The minimum Gasteiger partial charge on any atom is -0.396 e. The van der Waals surface area contributed by atoms with E-state index in [1.54, 1.807) is 6.07 Å². The van der Waals surface area contributed by atoms with Crippen LogP contribution in [-0.2, 0) is 0 Å². The van der Waals surface area contributed by atoms with Gasteiger partial charge in [0.25, 0.3) is 0 Å². The molecule has 1 aromatic carbocycles. The van der Waals surface area contributed by atoms with Gasteiger partial charge >= 0.3 is 6.03 Å². The van der Waals surface area contributed by atoms with Crippen molar-refractivity contribution in [3.63, 3.8) is 0 Å². The predicted molar refractivity (Wildman–Crippen MR) is 69.0 cm³/mol. The first-order valence-electron chi connectivity index (χ1n) is 5.94. The Balaban J connectivity index is 2.61. The molecule has 0 saturated carbocycles. The first kappa shape index (κ1) is 14.4. The van der Waals surface area contributed by atoms with Crippen LogP contribution >= 0.6 is 0 Å². The van der Waals surface area contributed by atoms with Crippen molar-refractivity contribution >= 4 is 11.7 Å². The van der Waals surface area contributed by atoms with E-state index in [4.69, 9.17) is 5.11 Å². The molecule has 1 rings (SSSR count). The highest BCUT2D eigenvalue weighted by Gasteiger charge is 2.23. The molecule has 0 aliphatic heterocycles. The van der Waals surface area contributed by atoms with Crippen LogP contribution in [-0.4, -0.2) is 23.3 Å². The van der Waals surface area contributed by atoms with Gasteiger partial charge in [-0.2, -0.15) is 0 Å². The van der Waals surface area contributed by atoms with Crippen LogP contribution in [0, 0.1) is 5.82 Å². The van der Waals surface area contributed by atoms with Crippen molar-refractivity contribution in [3.05, 3.63) is 30.1 Å². The van der Waals surface area contributed by atoms with Crippen molar-refractivity contribution in [2.45, 2.75) is 32.2 Å². The quantitative estimate of drug-likeness (QED) is 0.756. The number of carbonyl (C=O) groups excluding carboxylic acids is 1. The molecule has 1 aromatic rings. The van der Waals surface area contributed by atoms with Crippen molar-refractivity contribution < 1.29 is 14.3 Å². The summed E-state index contributed by atoms with van der Waals surface area (Å²) in [5, 5.41) is 14.3. The molecular weight excluding hydrogens is 235 g/mol. The number of amides is 2. The normalized spacial score (nSPS) is 13.8. The summed E-state index contributed by atoms with van der Waals surface area (Å²) in [6.07, 6.45) is 1.17. The lowest BCUT2D eigenvalue weighted by Crippen LogP contribution is -2.48. The van der Waals surface area contributed by atoms with E-state index in [0.717, 1.165) is 0 Å². The summed E-state index contributed by atoms with van der Waals surface area (Å²) in [6.45, 7) is 3.79. The lowest BCUT2D eigenvalue weighted by atomic mass is 9.95. The van der Waals surface area contributed by atoms with Gasteiger partial charge in [0.2, 0.25) is 0 Å². The maximum Gasteiger partial charge on any atom is 0.319 e. The monoisotopic (exact) mass is 254 g/mol. The predicted octanol–water partition coefficient (Wildman–Crippen LogP) is 2.50. The van der Waals surface area contributed by atoms with Crippen LogP contribution < -0.4 is 10.6 Å². The number of anilines is 1. The minimum atomic E-state index is -0.466. The summed E-state index contributed by atoms with van der Waals surface area (Å²) in [5.41, 5.74) is -0.0680. The Labute approximate surface area is 106 Å². The molecule has 2 amide bonds. The Morgan fingerprint density at radius 3 is 2.78 bits per heavy atom. The second-order valence-electron chi connectivity index (χ2n) is 4.48. The zero-order valence-electron chi connectivity index (χ0n) is 10.7. The number of aliphatic hydroxyl groups excluding tert-OH is 1. The number of nitrogens with one attached hydrogen (secondary N) is 2. The number of aliphatic hydroxyl groups is 1. The molecule has 100 valence electrons. The second kappa shape index (κ2) is 6.35. The molecule has 0 heterocycles. The van der Waals surface area contributed by atoms with Crippen molar-refractivity contribution in [2.75, 3.05) is 11.9 Å². The number of carbonyl (C=O) groups is 1. The molecule has 4 nitrogen and oxygen atoms in total. The third-order valence-corrected chi connectivity index (χ3v) is 2.94. The third kappa shape index (κ3) is 4.33. The standard InChI is InChI=1S/C13H19FN2O2/c1-3-13(2,7-8-17)16-12(18)15-11-6-4-5-10(14)9-11/h4-6,9,17H,3,7-8H2,1-2H3,(H2,15,16,18). The Hall–Kier alpha value is -1.62. The van der Waals surface area contributed by atoms with Gasteiger partial charge < -0.3 is 15.7 Å². The molecule has 1 atom stereocenters. The molecule has 18 heavy (non-hydrogen) atoms. The number of benzene rings is 1. The molecule has 0 radical (unpaired) electrons. The Morgan fingerprint density at radius 2 is 2.22 bits per heavy atom. The molecule has 0 aromatic heterocycles. The van der Waals surface area contributed by atoms with Gasteiger partial charge in [-0.3, -0.25) is 0 Å². The van der Waals surface area contributed by atoms with Gasteiger partial charge in [0.05, 0.1) is 0 Å². The number of halogens is 1. The molecule has 0 saturated heterocycles. The third-order valence-electron chi connectivity index (χ3n) is 2.94. The number of urea groups is 1. The van der Waals surface area contributed by atoms with E-state index in [0.29, 0.717) is 18.5 Å². The summed E-state index contributed by atoms with van der Waals surface area (Å²) in [7, 11) is 0. The lowest BCUT2D eigenvalue weighted by molar-refractivity contribution is 0.208. The van der Waals surface area contributed by atoms with E-state index in [1.807, 2.05) is 13.8 Å². The van der Waals surface area contributed by atoms with Gasteiger partial charge in [0.1, 0.15) is 5.82 Å². The fourth-order valence-electron chi connectivity index (χ4n) is 1.58. The highest BCUT2D eigenvalue weighted by Crippen LogP contribution is 2.15. The van der Waals surface area contributed by atoms with Crippen molar-refractivity contribution in [1.82, 2.24) is 5.32 Å². The molecule has 1 unspecified atom stereocenters. The van der Waals surface area contributed by atoms with Crippen LogP contribution in [0.25, 0.3) is 0 Å². The van der Waals surface area contributed by atoms with Crippen LogP contribution in [0.3, 0.4) is 0 Å². The average molecular weight is 254 g/mol. The van der Waals surface area contributed by atoms with Crippen molar-refractivity contribution in [3.8, 4) is 0 Å². The van der Waals surface area contributed by atoms with Gasteiger partial charge in [0.15, 0.2) is 0 Å². The van der Waals surface area contributed by atoms with Gasteiger partial charge in [0, 0.05) is 17.8 Å². The Bertz CT molecular complexity index is 412. The first-order valence-corrected chi connectivity index (χ1v) is 5.94. The topological polar surface area (TPSA) is 61.4 Å². The van der Waals surface area contributed by atoms with E-state index in [2.05, 4.69) is 10.6 Å². The maximum absolute atomic E-state index is 12.9. The lowest BCUT2D eigenvalue weighted by Gasteiger charge is -2.29. The smallest absolute Gasteiger partial charge is 0.319 e. The van der Waals surface area contributed by atoms with E-state index < -0.39 is 17.4 Å². The molecule has 0 fully saturated rings. The molecule has 5 heteroatoms. The van der Waals surface area contributed by atoms with Crippen LogP contribution in [0.1, 0.15) is 26.7 Å². The van der Waals surface area contributed by atoms with E-state index >= 15 is 0 Å². The molecule has 0 aliphatic carbocycles. The van der Waals surface area contributed by atoms with Crippen molar-refractivity contribution in [2.24, 2.45) is 0 Å². The Kier molecular flexibility index (Phi) is 5.09. The maximum atomic E-state index is 12.9. The average Bonchev–Trinajstić information content (AvgIpc) is 2.29. The molecule has 0 spiro atoms. The van der Waals surface area contributed by atoms with E-state index in [1.165, 1.54) is 18.2 Å².